The van der Waals surface area contributed by atoms with E-state index < -0.39 is 11.9 Å². The van der Waals surface area contributed by atoms with Gasteiger partial charge < -0.3 is 18.3 Å². The molecule has 12 nitrogen and oxygen atoms in total. The Morgan fingerprint density at radius 1 is 0.286 bits per heavy atom. The van der Waals surface area contributed by atoms with Crippen molar-refractivity contribution >= 4 is 210 Å². The molecule has 632 valence electrons. The molecule has 0 aliphatic heterocycles. The Labute approximate surface area is 815 Å². The maximum absolute atomic E-state index is 6.81. The van der Waals surface area contributed by atoms with E-state index in [9.17, 15) is 0 Å². The largest absolute Gasteiger partial charge is 2.00 e. The van der Waals surface area contributed by atoms with Crippen LogP contribution >= 0.6 is 37.7 Å². The summed E-state index contributed by atoms with van der Waals surface area (Å²) in [6, 6.07) is 80.6. The normalized spacial score (nSPS) is 12.2. The second-order valence-corrected chi connectivity index (χ2v) is 54.3. The Hall–Kier alpha value is -7.25. The molecule has 0 unspecified atom stereocenters. The Morgan fingerprint density at radius 3 is 0.952 bits per heavy atom. The second kappa shape index (κ2) is 38.3. The minimum Gasteiger partial charge on any atom is 2.00 e. The molecule has 0 saturated heterocycles. The summed E-state index contributed by atoms with van der Waals surface area (Å²) in [4.78, 5) is 30.5. The summed E-state index contributed by atoms with van der Waals surface area (Å²) in [6.07, 6.45) is 11.9. The standard InChI is InChI=1S/C53H49N5O.C53H47N5O.4ClH.2K.2Pt/c2*1-30(2)36-15-11-16-37(31(3)4)49(36)47-28-55-52-43-26-34(21-23-40(43)41-14-9-10-19-45(41)57(47)52)59-35-22-24-42-44(27-35)53-56-29-48(58(53)46-20-13-25-54-51(42)46)50-38(32(5)6)17-12-18-39(50)33(7)8;;;;;;;;/h9-33H,1-8H3;9-25,28-33H,1-8H3;4*1H;;;;/q;-2;;;;;;;+2;+4/p-4. The number of nitrogens with zero attached hydrogens (tertiary/aromatic N) is 10. The van der Waals surface area contributed by atoms with Crippen molar-refractivity contribution in [2.45, 2.75) is 158 Å². The molecule has 0 amide bonds. The molecule has 10 heterocycles. The number of fused-ring (bicyclic) bond motifs is 24. The van der Waals surface area contributed by atoms with E-state index >= 15 is 0 Å². The molecule has 10 aromatic heterocycles. The van der Waals surface area contributed by atoms with Crippen molar-refractivity contribution in [3.8, 4) is 68.0 Å². The molecule has 10 aromatic carbocycles. The first-order valence-corrected chi connectivity index (χ1v) is 70.7. The molecule has 0 aliphatic rings. The van der Waals surface area contributed by atoms with Gasteiger partial charge >= 0.3 is 134 Å². The number of pyridine rings is 6. The fraction of sp³-hybridized carbons (Fsp3) is 0.226. The zero-order valence-corrected chi connectivity index (χ0v) is 88.0. The summed E-state index contributed by atoms with van der Waals surface area (Å²) in [5.74, 6) is 5.44. The molecular weight excluding hydrogens is 2060 g/mol. The molecule has 0 fully saturated rings. The monoisotopic (exact) mass is 2150 g/mol. The van der Waals surface area contributed by atoms with Crippen molar-refractivity contribution in [1.29, 1.82) is 0 Å². The molecule has 0 spiro atoms. The third-order valence-corrected chi connectivity index (χ3v) is 24.2. The van der Waals surface area contributed by atoms with Crippen LogP contribution in [-0.2, 0) is 33.0 Å². The van der Waals surface area contributed by atoms with Crippen LogP contribution in [0.5, 0.6) is 23.0 Å². The van der Waals surface area contributed by atoms with Crippen LogP contribution in [0.1, 0.15) is 203 Å². The summed E-state index contributed by atoms with van der Waals surface area (Å²) in [7, 11) is 20.0. The third kappa shape index (κ3) is 17.3. The number of rotatable bonds is 16. The quantitative estimate of drug-likeness (QED) is 0.0534. The molecule has 0 radical (unpaired) electrons. The SMILES string of the molecule is CC(C)c1cccc(C(C)C)c1-c1cnc2c3[c-]c(Oc4[c-]c5c(cc4)c4ncccc4n4c(-c6c(C(C)C)cccc6C(C)C)cnc54)ccc3c3ccccc3n12.CC(C)c1cccc(C(C)C)c1-c1cnc2c3cc(Oc4ccc5c(c4)c4ncc(-c6c(C(C)C)cccc6C(C)C)n4c4cccnc54)ccc3c3ccccc3n12.[Cl][Pt]([Cl])([Cl])[Cl].[K][K].[Pt+2]. The summed E-state index contributed by atoms with van der Waals surface area (Å²) < 4.78 is 22.7. The number of ether oxygens (including phenoxy) is 2. The summed E-state index contributed by atoms with van der Waals surface area (Å²) in [5.41, 5.74) is 29.5. The van der Waals surface area contributed by atoms with Crippen molar-refractivity contribution < 1.29 is 42.4 Å². The molecule has 20 heteroatoms. The number of hydrogen-bond donors (Lipinski definition) is 0. The summed E-state index contributed by atoms with van der Waals surface area (Å²) >= 11 is -0.556. The first kappa shape index (κ1) is 92.0. The maximum Gasteiger partial charge on any atom is 2.00 e. The topological polar surface area (TPSA) is 113 Å². The van der Waals surface area contributed by atoms with Crippen molar-refractivity contribution in [3.05, 3.63) is 300 Å². The van der Waals surface area contributed by atoms with Crippen LogP contribution in [0.3, 0.4) is 0 Å². The van der Waals surface area contributed by atoms with E-state index in [1.807, 2.05) is 61.3 Å². The fourth-order valence-corrected chi connectivity index (χ4v) is 18.7. The average Bonchev–Trinajstić information content (AvgIpc) is 1.51. The van der Waals surface area contributed by atoms with Gasteiger partial charge in [0, 0.05) is 85.6 Å². The van der Waals surface area contributed by atoms with E-state index in [1.165, 1.54) is 135 Å². The van der Waals surface area contributed by atoms with Gasteiger partial charge in [-0.25, -0.2) is 9.97 Å². The molecule has 0 bridgehead atoms. The van der Waals surface area contributed by atoms with Crippen LogP contribution in [0.4, 0.5) is 0 Å². The Balaban J connectivity index is 0.000000172. The van der Waals surface area contributed by atoms with E-state index in [2.05, 4.69) is 323 Å². The van der Waals surface area contributed by atoms with E-state index in [-0.39, 0.29) is 21.1 Å². The van der Waals surface area contributed by atoms with Gasteiger partial charge in [-0.15, -0.1) is 12.1 Å². The predicted octanol–water partition coefficient (Wildman–Crippen LogP) is 30.8. The molecular formula is C106H96Cl4K2N10O2Pt2. The predicted molar refractivity (Wildman–Crippen MR) is 524 cm³/mol. The Bertz CT molecular complexity index is 6610. The third-order valence-electron chi connectivity index (χ3n) is 24.2. The van der Waals surface area contributed by atoms with Gasteiger partial charge in [0.05, 0.1) is 74.0 Å². The van der Waals surface area contributed by atoms with Crippen LogP contribution < -0.4 is 9.47 Å². The maximum atomic E-state index is 6.81. The van der Waals surface area contributed by atoms with Crippen molar-refractivity contribution in [2.75, 3.05) is 0 Å². The van der Waals surface area contributed by atoms with Gasteiger partial charge in [-0.05, 0) is 175 Å². The number of para-hydroxylation sites is 2. The van der Waals surface area contributed by atoms with Gasteiger partial charge in [0.1, 0.15) is 22.8 Å². The molecule has 0 aliphatic carbocycles. The zero-order valence-electron chi connectivity index (χ0n) is 74.1. The zero-order chi connectivity index (χ0) is 87.9. The number of hydrogen-bond acceptors (Lipinski definition) is 8. The Kier molecular flexibility index (Phi) is 28.0. The Morgan fingerprint density at radius 2 is 0.571 bits per heavy atom. The molecule has 0 N–H and O–H groups in total. The number of benzene rings is 10. The van der Waals surface area contributed by atoms with Crippen LogP contribution in [0, 0.1) is 12.1 Å². The van der Waals surface area contributed by atoms with E-state index in [1.54, 1.807) is 0 Å². The molecule has 20 rings (SSSR count). The summed E-state index contributed by atoms with van der Waals surface area (Å²) in [6.45, 7) is 36.3. The number of aromatic nitrogens is 10. The van der Waals surface area contributed by atoms with Gasteiger partial charge in [-0.1, -0.05) is 266 Å². The van der Waals surface area contributed by atoms with Crippen LogP contribution in [-0.4, -0.2) is 111 Å². The van der Waals surface area contributed by atoms with E-state index in [4.69, 9.17) is 77.1 Å². The molecule has 126 heavy (non-hydrogen) atoms. The molecule has 0 atom stereocenters. The van der Waals surface area contributed by atoms with Gasteiger partial charge in [-0.2, -0.15) is 0 Å². The molecule has 0 saturated carbocycles. The van der Waals surface area contributed by atoms with E-state index in [0.29, 0.717) is 58.8 Å². The van der Waals surface area contributed by atoms with Crippen LogP contribution in [0.2, 0.25) is 0 Å². The summed E-state index contributed by atoms with van der Waals surface area (Å²) in [5, 5.41) is 10.3. The first-order valence-electron chi connectivity index (χ1n) is 43.4. The number of imidazole rings is 4. The van der Waals surface area contributed by atoms with Gasteiger partial charge in [0.25, 0.3) is 0 Å². The van der Waals surface area contributed by atoms with Gasteiger partial charge in [0.2, 0.25) is 0 Å². The van der Waals surface area contributed by atoms with Crippen molar-refractivity contribution in [1.82, 2.24) is 47.5 Å². The fourth-order valence-electron chi connectivity index (χ4n) is 18.7. The number of halogens is 4. The average molecular weight is 2150 g/mol. The van der Waals surface area contributed by atoms with Gasteiger partial charge in [0.15, 0.2) is 0 Å². The van der Waals surface area contributed by atoms with Crippen LogP contribution in [0.15, 0.2) is 243 Å². The minimum absolute atomic E-state index is 0. The van der Waals surface area contributed by atoms with E-state index in [0.717, 1.165) is 138 Å². The van der Waals surface area contributed by atoms with Crippen molar-refractivity contribution in [3.63, 3.8) is 0 Å². The molecule has 20 aromatic rings. The van der Waals surface area contributed by atoms with Crippen LogP contribution in [0.25, 0.3) is 155 Å². The smallest absolute Gasteiger partial charge is 2.00 e. The van der Waals surface area contributed by atoms with Crippen molar-refractivity contribution in [2.24, 2.45) is 0 Å². The first-order chi connectivity index (χ1) is 60.2. The van der Waals surface area contributed by atoms with Gasteiger partial charge in [-0.3, -0.25) is 28.7 Å². The minimum atomic E-state index is -3.06. The second-order valence-electron chi connectivity index (χ2n) is 34.6.